The van der Waals surface area contributed by atoms with E-state index >= 15 is 0 Å². The van der Waals surface area contributed by atoms with Crippen molar-refractivity contribution in [2.75, 3.05) is 13.7 Å². The molecule has 0 spiro atoms. The largest absolute Gasteiger partial charge is 0.491 e. The Balaban J connectivity index is 1.32. The molecule has 2 heterocycles. The fraction of sp³-hybridized carbons (Fsp3) is 0.640. The van der Waals surface area contributed by atoms with Gasteiger partial charge in [-0.1, -0.05) is 25.7 Å². The number of carbonyl (C=O) groups is 1. The molecule has 1 saturated heterocycles. The quantitative estimate of drug-likeness (QED) is 0.413. The van der Waals surface area contributed by atoms with Crippen molar-refractivity contribution in [2.24, 2.45) is 17.8 Å². The van der Waals surface area contributed by atoms with Gasteiger partial charge in [-0.05, 0) is 68.5 Å². The summed E-state index contributed by atoms with van der Waals surface area (Å²) in [6, 6.07) is 1.98. The van der Waals surface area contributed by atoms with Crippen LogP contribution in [-0.2, 0) is 14.3 Å². The van der Waals surface area contributed by atoms with Gasteiger partial charge in [0, 0.05) is 19.0 Å². The van der Waals surface area contributed by atoms with E-state index in [1.807, 2.05) is 6.07 Å². The number of rotatable bonds is 6. The zero-order chi connectivity index (χ0) is 23.8. The van der Waals surface area contributed by atoms with Crippen molar-refractivity contribution >= 4 is 48.7 Å². The summed E-state index contributed by atoms with van der Waals surface area (Å²) in [6.45, 7) is 0.720. The summed E-state index contributed by atoms with van der Waals surface area (Å²) in [5, 5.41) is 11.0. The van der Waals surface area contributed by atoms with Crippen molar-refractivity contribution in [3.05, 3.63) is 21.2 Å². The van der Waals surface area contributed by atoms with Crippen molar-refractivity contribution in [2.45, 2.75) is 69.9 Å². The maximum Gasteiger partial charge on any atom is 0.335 e. The fourth-order valence-electron chi connectivity index (χ4n) is 5.68. The number of hydrogen-bond donors (Lipinski definition) is 2. The third-order valence-corrected chi connectivity index (χ3v) is 8.87. The summed E-state index contributed by atoms with van der Waals surface area (Å²) in [6.07, 6.45) is 7.96. The molecule has 7 nitrogen and oxygen atoms in total. The highest BCUT2D eigenvalue weighted by atomic mass is 79.9. The summed E-state index contributed by atoms with van der Waals surface area (Å²) in [5.74, 6) is 3.07. The summed E-state index contributed by atoms with van der Waals surface area (Å²) >= 11 is 7.40. The Bertz CT molecular complexity index is 1030. The predicted octanol–water partition coefficient (Wildman–Crippen LogP) is 5.71. The van der Waals surface area contributed by atoms with Crippen LogP contribution in [0, 0.1) is 17.8 Å². The van der Waals surface area contributed by atoms with Crippen LogP contribution in [0.5, 0.6) is 11.5 Å². The molecule has 0 amide bonds. The topological polar surface area (TPSA) is 90.0 Å². The maximum absolute atomic E-state index is 11.9. The molecule has 34 heavy (non-hydrogen) atoms. The first kappa shape index (κ1) is 24.4. The predicted molar refractivity (Wildman–Crippen MR) is 134 cm³/mol. The molecule has 1 aliphatic heterocycles. The maximum atomic E-state index is 11.9. The van der Waals surface area contributed by atoms with Gasteiger partial charge in [0.2, 0.25) is 6.29 Å². The standard InChI is InChI=1S/C25H31Br2NO6/c1-31-25(30)19-8-13(29)9-21(33-19)34-20-11-28-18-10-17(26)24(23(27)22(18)20)32-12-16-14-6-4-2-3-5-7-15(14)16/h10-11,13-16,19,21,28-29H,2-9,12H2,1H3. The lowest BCUT2D eigenvalue weighted by molar-refractivity contribution is -0.197. The van der Waals surface area contributed by atoms with Crippen LogP contribution >= 0.6 is 31.9 Å². The van der Waals surface area contributed by atoms with E-state index in [0.29, 0.717) is 11.7 Å². The number of hydrogen-bond acceptors (Lipinski definition) is 6. The summed E-state index contributed by atoms with van der Waals surface area (Å²) in [5.41, 5.74) is 0.870. The molecule has 2 N–H and O–H groups in total. The Labute approximate surface area is 216 Å². The number of esters is 1. The lowest BCUT2D eigenvalue weighted by Gasteiger charge is -2.31. The Morgan fingerprint density at radius 3 is 2.62 bits per heavy atom. The number of nitrogens with one attached hydrogen (secondary N) is 1. The third kappa shape index (κ3) is 4.99. The van der Waals surface area contributed by atoms with Crippen molar-refractivity contribution in [3.63, 3.8) is 0 Å². The van der Waals surface area contributed by atoms with Crippen LogP contribution in [-0.4, -0.2) is 48.3 Å². The average Bonchev–Trinajstić information content (AvgIpc) is 3.26. The van der Waals surface area contributed by atoms with Crippen LogP contribution in [0.4, 0.5) is 0 Å². The van der Waals surface area contributed by atoms with Gasteiger partial charge in [0.25, 0.3) is 0 Å². The molecule has 186 valence electrons. The van der Waals surface area contributed by atoms with E-state index in [1.165, 1.54) is 45.6 Å². The molecule has 9 heteroatoms. The van der Waals surface area contributed by atoms with Gasteiger partial charge in [0.1, 0.15) is 11.5 Å². The number of aliphatic hydroxyl groups is 1. The van der Waals surface area contributed by atoms with E-state index in [-0.39, 0.29) is 12.8 Å². The number of fused-ring (bicyclic) bond motifs is 2. The van der Waals surface area contributed by atoms with Gasteiger partial charge in [-0.15, -0.1) is 0 Å². The third-order valence-electron chi connectivity index (χ3n) is 7.52. The zero-order valence-corrected chi connectivity index (χ0v) is 22.4. The van der Waals surface area contributed by atoms with E-state index in [9.17, 15) is 9.90 Å². The molecule has 2 saturated carbocycles. The van der Waals surface area contributed by atoms with E-state index < -0.39 is 24.5 Å². The molecule has 3 aliphatic rings. The fourth-order valence-corrected chi connectivity index (χ4v) is 7.22. The first-order valence-electron chi connectivity index (χ1n) is 12.2. The number of methoxy groups -OCH3 is 1. The van der Waals surface area contributed by atoms with Gasteiger partial charge in [0.05, 0.1) is 39.7 Å². The zero-order valence-electron chi connectivity index (χ0n) is 19.2. The van der Waals surface area contributed by atoms with Crippen molar-refractivity contribution in [1.82, 2.24) is 4.98 Å². The van der Waals surface area contributed by atoms with Gasteiger partial charge < -0.3 is 29.0 Å². The molecular formula is C25H31Br2NO6. The average molecular weight is 601 g/mol. The lowest BCUT2D eigenvalue weighted by atomic mass is 10.0. The van der Waals surface area contributed by atoms with Crippen molar-refractivity contribution < 1.29 is 28.8 Å². The van der Waals surface area contributed by atoms with Crippen molar-refractivity contribution in [3.8, 4) is 11.5 Å². The van der Waals surface area contributed by atoms with E-state index in [2.05, 4.69) is 36.8 Å². The number of halogens is 2. The first-order valence-corrected chi connectivity index (χ1v) is 13.7. The van der Waals surface area contributed by atoms with Gasteiger partial charge in [-0.25, -0.2) is 4.79 Å². The molecule has 0 bridgehead atoms. The van der Waals surface area contributed by atoms with Crippen LogP contribution in [0.25, 0.3) is 10.9 Å². The van der Waals surface area contributed by atoms with Gasteiger partial charge in [0.15, 0.2) is 6.10 Å². The molecule has 2 aromatic rings. The van der Waals surface area contributed by atoms with Crippen LogP contribution in [0.15, 0.2) is 21.2 Å². The Hall–Kier alpha value is -1.29. The first-order chi connectivity index (χ1) is 16.5. The molecule has 5 atom stereocenters. The second-order valence-corrected chi connectivity index (χ2v) is 11.3. The van der Waals surface area contributed by atoms with Gasteiger partial charge >= 0.3 is 5.97 Å². The molecular weight excluding hydrogens is 570 g/mol. The summed E-state index contributed by atoms with van der Waals surface area (Å²) in [4.78, 5) is 15.1. The Kier molecular flexibility index (Phi) is 7.44. The van der Waals surface area contributed by atoms with Crippen LogP contribution < -0.4 is 9.47 Å². The molecule has 1 aromatic heterocycles. The SMILES string of the molecule is COC(=O)C1CC(O)CC(Oc2c[nH]c3cc(Br)c(OCC4C5CCCCCCC54)c(Br)c23)O1. The minimum atomic E-state index is -0.851. The molecule has 5 rings (SSSR count). The number of aromatic amines is 1. The molecule has 5 unspecified atom stereocenters. The Morgan fingerprint density at radius 2 is 1.91 bits per heavy atom. The Morgan fingerprint density at radius 1 is 1.18 bits per heavy atom. The van der Waals surface area contributed by atoms with Crippen LogP contribution in [0.3, 0.4) is 0 Å². The number of H-pyrrole nitrogens is 1. The van der Waals surface area contributed by atoms with Gasteiger partial charge in [-0.2, -0.15) is 0 Å². The van der Waals surface area contributed by atoms with Crippen LogP contribution in [0.2, 0.25) is 0 Å². The second-order valence-electron chi connectivity index (χ2n) is 9.69. The van der Waals surface area contributed by atoms with E-state index in [0.717, 1.165) is 44.0 Å². The number of benzene rings is 1. The lowest BCUT2D eigenvalue weighted by Crippen LogP contribution is -2.42. The number of ether oxygens (including phenoxy) is 4. The van der Waals surface area contributed by atoms with Crippen molar-refractivity contribution in [1.29, 1.82) is 0 Å². The number of aliphatic hydroxyl groups excluding tert-OH is 1. The normalized spacial score (nSPS) is 31.3. The monoisotopic (exact) mass is 599 g/mol. The highest BCUT2D eigenvalue weighted by Gasteiger charge is 2.49. The molecule has 3 fully saturated rings. The second kappa shape index (κ2) is 10.4. The molecule has 0 radical (unpaired) electrons. The molecule has 1 aromatic carbocycles. The highest BCUT2D eigenvalue weighted by molar-refractivity contribution is 9.11. The smallest absolute Gasteiger partial charge is 0.335 e. The summed E-state index contributed by atoms with van der Waals surface area (Å²) < 4.78 is 24.7. The van der Waals surface area contributed by atoms with E-state index in [1.54, 1.807) is 6.20 Å². The van der Waals surface area contributed by atoms with Gasteiger partial charge in [-0.3, -0.25) is 0 Å². The minimum absolute atomic E-state index is 0.193. The van der Waals surface area contributed by atoms with Crippen LogP contribution in [0.1, 0.15) is 51.4 Å². The highest BCUT2D eigenvalue weighted by Crippen LogP contribution is 2.54. The molecule has 2 aliphatic carbocycles. The minimum Gasteiger partial charge on any atom is -0.491 e. The van der Waals surface area contributed by atoms with E-state index in [4.69, 9.17) is 18.9 Å². The number of carbonyl (C=O) groups excluding carboxylic acids is 1. The summed E-state index contributed by atoms with van der Waals surface area (Å²) in [7, 11) is 1.30. The number of aromatic nitrogens is 1.